The summed E-state index contributed by atoms with van der Waals surface area (Å²) in [5.41, 5.74) is 1.52. The minimum Gasteiger partial charge on any atom is -0.353 e. The molecule has 0 aromatic heterocycles. The smallest absolute Gasteiger partial charge is 0.161 e. The molecule has 0 saturated carbocycles. The average Bonchev–Trinajstić information content (AvgIpc) is 2.36. The van der Waals surface area contributed by atoms with Crippen molar-refractivity contribution in [1.82, 2.24) is 0 Å². The highest BCUT2D eigenvalue weighted by molar-refractivity contribution is 5.62. The summed E-state index contributed by atoms with van der Waals surface area (Å²) >= 11 is 0. The normalized spacial score (nSPS) is 10.1. The second-order valence-electron chi connectivity index (χ2n) is 4.01. The molecule has 1 N–H and O–H groups in total. The number of anilines is 2. The standard InChI is InChI=1S/C14H9F3N2/c1-8-4-10(3-2-9(8)7-18)19-14-6-12(16)11(15)5-13(14)17/h2-6,19H,1H3. The Balaban J connectivity index is 2.34. The maximum Gasteiger partial charge on any atom is 0.161 e. The van der Waals surface area contributed by atoms with Crippen molar-refractivity contribution >= 4 is 11.4 Å². The van der Waals surface area contributed by atoms with Crippen LogP contribution in [0.2, 0.25) is 0 Å². The monoisotopic (exact) mass is 262 g/mol. The van der Waals surface area contributed by atoms with Crippen molar-refractivity contribution in [3.63, 3.8) is 0 Å². The summed E-state index contributed by atoms with van der Waals surface area (Å²) < 4.78 is 39.3. The third-order valence-electron chi connectivity index (χ3n) is 2.64. The summed E-state index contributed by atoms with van der Waals surface area (Å²) in [6.45, 7) is 1.73. The Labute approximate surface area is 108 Å². The van der Waals surface area contributed by atoms with Crippen molar-refractivity contribution in [3.8, 4) is 6.07 Å². The van der Waals surface area contributed by atoms with Gasteiger partial charge in [0.05, 0.1) is 17.3 Å². The van der Waals surface area contributed by atoms with Crippen LogP contribution >= 0.6 is 0 Å². The highest BCUT2D eigenvalue weighted by Crippen LogP contribution is 2.24. The molecule has 0 aliphatic rings. The van der Waals surface area contributed by atoms with E-state index in [4.69, 9.17) is 5.26 Å². The summed E-state index contributed by atoms with van der Waals surface area (Å²) in [4.78, 5) is 0. The van der Waals surface area contributed by atoms with Gasteiger partial charge in [0, 0.05) is 17.8 Å². The fraction of sp³-hybridized carbons (Fsp3) is 0.0714. The Bertz CT molecular complexity index is 675. The van der Waals surface area contributed by atoms with Crippen LogP contribution in [0.15, 0.2) is 30.3 Å². The lowest BCUT2D eigenvalue weighted by atomic mass is 10.1. The van der Waals surface area contributed by atoms with Crippen LogP contribution in [0, 0.1) is 35.7 Å². The van der Waals surface area contributed by atoms with Gasteiger partial charge in [-0.2, -0.15) is 5.26 Å². The Hall–Kier alpha value is -2.48. The molecule has 0 radical (unpaired) electrons. The molecule has 0 aliphatic carbocycles. The van der Waals surface area contributed by atoms with Gasteiger partial charge in [-0.15, -0.1) is 0 Å². The van der Waals surface area contributed by atoms with Crippen LogP contribution in [0.1, 0.15) is 11.1 Å². The van der Waals surface area contributed by atoms with E-state index >= 15 is 0 Å². The van der Waals surface area contributed by atoms with Gasteiger partial charge in [-0.3, -0.25) is 0 Å². The lowest BCUT2D eigenvalue weighted by Crippen LogP contribution is -1.97. The molecule has 2 nitrogen and oxygen atoms in total. The third kappa shape index (κ3) is 2.68. The van der Waals surface area contributed by atoms with Crippen molar-refractivity contribution in [3.05, 3.63) is 58.9 Å². The van der Waals surface area contributed by atoms with Crippen molar-refractivity contribution in [2.75, 3.05) is 5.32 Å². The number of rotatable bonds is 2. The van der Waals surface area contributed by atoms with Gasteiger partial charge in [0.1, 0.15) is 5.82 Å². The first-order valence-corrected chi connectivity index (χ1v) is 5.43. The van der Waals surface area contributed by atoms with E-state index in [1.807, 2.05) is 6.07 Å². The Kier molecular flexibility index (Phi) is 3.43. The van der Waals surface area contributed by atoms with Gasteiger partial charge >= 0.3 is 0 Å². The molecular formula is C14H9F3N2. The minimum atomic E-state index is -1.24. The molecule has 0 fully saturated rings. The van der Waals surface area contributed by atoms with Crippen molar-refractivity contribution < 1.29 is 13.2 Å². The summed E-state index contributed by atoms with van der Waals surface area (Å²) in [6, 6.07) is 7.98. The topological polar surface area (TPSA) is 35.8 Å². The Morgan fingerprint density at radius 2 is 1.68 bits per heavy atom. The maximum absolute atomic E-state index is 13.4. The van der Waals surface area contributed by atoms with Gasteiger partial charge in [-0.05, 0) is 30.7 Å². The van der Waals surface area contributed by atoms with Crippen molar-refractivity contribution in [2.45, 2.75) is 6.92 Å². The van der Waals surface area contributed by atoms with Crippen LogP contribution in [0.3, 0.4) is 0 Å². The summed E-state index contributed by atoms with van der Waals surface area (Å²) in [5, 5.41) is 11.4. The third-order valence-corrected chi connectivity index (χ3v) is 2.64. The molecular weight excluding hydrogens is 253 g/mol. The fourth-order valence-corrected chi connectivity index (χ4v) is 1.64. The molecule has 0 heterocycles. The fourth-order valence-electron chi connectivity index (χ4n) is 1.64. The Morgan fingerprint density at radius 1 is 1.00 bits per heavy atom. The van der Waals surface area contributed by atoms with Crippen LogP contribution in [0.5, 0.6) is 0 Å². The number of hydrogen-bond acceptors (Lipinski definition) is 2. The zero-order chi connectivity index (χ0) is 14.0. The first kappa shape index (κ1) is 13.0. The predicted molar refractivity (Wildman–Crippen MR) is 65.5 cm³/mol. The van der Waals surface area contributed by atoms with Gasteiger partial charge in [0.2, 0.25) is 0 Å². The maximum atomic E-state index is 13.4. The van der Waals surface area contributed by atoms with E-state index in [0.717, 1.165) is 6.07 Å². The summed E-state index contributed by atoms with van der Waals surface area (Å²) in [7, 11) is 0. The lowest BCUT2D eigenvalue weighted by Gasteiger charge is -2.09. The molecule has 0 saturated heterocycles. The number of nitriles is 1. The van der Waals surface area contributed by atoms with E-state index in [0.29, 0.717) is 22.9 Å². The molecule has 0 aliphatic heterocycles. The second kappa shape index (κ2) is 5.02. The molecule has 2 rings (SSSR count). The highest BCUT2D eigenvalue weighted by Gasteiger charge is 2.10. The number of halogens is 3. The number of nitrogens with zero attached hydrogens (tertiary/aromatic N) is 1. The molecule has 96 valence electrons. The van der Waals surface area contributed by atoms with Crippen molar-refractivity contribution in [2.24, 2.45) is 0 Å². The zero-order valence-corrected chi connectivity index (χ0v) is 9.97. The number of benzene rings is 2. The first-order valence-electron chi connectivity index (χ1n) is 5.43. The van der Waals surface area contributed by atoms with E-state index in [9.17, 15) is 13.2 Å². The quantitative estimate of drug-likeness (QED) is 0.829. The molecule has 19 heavy (non-hydrogen) atoms. The van der Waals surface area contributed by atoms with E-state index in [-0.39, 0.29) is 5.69 Å². The van der Waals surface area contributed by atoms with E-state index in [1.54, 1.807) is 25.1 Å². The molecule has 5 heteroatoms. The van der Waals surface area contributed by atoms with Crippen LogP contribution in [0.4, 0.5) is 24.5 Å². The summed E-state index contributed by atoms with van der Waals surface area (Å²) in [6.07, 6.45) is 0. The molecule has 0 amide bonds. The molecule has 0 atom stereocenters. The van der Waals surface area contributed by atoms with E-state index in [2.05, 4.69) is 5.32 Å². The molecule has 0 bridgehead atoms. The number of aryl methyl sites for hydroxylation is 1. The minimum absolute atomic E-state index is 0.164. The van der Waals surface area contributed by atoms with E-state index < -0.39 is 17.5 Å². The number of hydrogen-bond donors (Lipinski definition) is 1. The van der Waals surface area contributed by atoms with Gasteiger partial charge < -0.3 is 5.32 Å². The van der Waals surface area contributed by atoms with Crippen LogP contribution < -0.4 is 5.32 Å². The molecule has 2 aromatic rings. The van der Waals surface area contributed by atoms with Gasteiger partial charge in [0.25, 0.3) is 0 Å². The highest BCUT2D eigenvalue weighted by atomic mass is 19.2. The van der Waals surface area contributed by atoms with Crippen LogP contribution in [0.25, 0.3) is 0 Å². The molecule has 2 aromatic carbocycles. The molecule has 0 unspecified atom stereocenters. The van der Waals surface area contributed by atoms with Crippen LogP contribution in [-0.4, -0.2) is 0 Å². The Morgan fingerprint density at radius 3 is 2.32 bits per heavy atom. The van der Waals surface area contributed by atoms with Gasteiger partial charge in [-0.25, -0.2) is 13.2 Å². The lowest BCUT2D eigenvalue weighted by molar-refractivity contribution is 0.496. The summed E-state index contributed by atoms with van der Waals surface area (Å²) in [5.74, 6) is -3.26. The largest absolute Gasteiger partial charge is 0.353 e. The average molecular weight is 262 g/mol. The van der Waals surface area contributed by atoms with Gasteiger partial charge in [0.15, 0.2) is 11.6 Å². The first-order chi connectivity index (χ1) is 9.01. The van der Waals surface area contributed by atoms with Crippen molar-refractivity contribution in [1.29, 1.82) is 5.26 Å². The number of nitrogens with one attached hydrogen (secondary N) is 1. The molecule has 0 spiro atoms. The second-order valence-corrected chi connectivity index (χ2v) is 4.01. The van der Waals surface area contributed by atoms with Crippen LogP contribution in [-0.2, 0) is 0 Å². The van der Waals surface area contributed by atoms with Gasteiger partial charge in [-0.1, -0.05) is 0 Å². The SMILES string of the molecule is Cc1cc(Nc2cc(F)c(F)cc2F)ccc1C#N. The van der Waals surface area contributed by atoms with E-state index in [1.165, 1.54) is 0 Å². The zero-order valence-electron chi connectivity index (χ0n) is 9.97. The predicted octanol–water partition coefficient (Wildman–Crippen LogP) is 4.03.